The first kappa shape index (κ1) is 35.9. The van der Waals surface area contributed by atoms with E-state index in [0.29, 0.717) is 5.92 Å². The van der Waals surface area contributed by atoms with Crippen molar-refractivity contribution in [3.05, 3.63) is 270 Å². The zero-order chi connectivity index (χ0) is 39.9. The lowest BCUT2D eigenvalue weighted by Gasteiger charge is -2.35. The molecule has 3 aliphatic rings. The molecule has 1 nitrogen and oxygen atoms in total. The molecular weight excluding hydrogens is 723 g/mol. The van der Waals surface area contributed by atoms with Crippen LogP contribution in [0.4, 0.5) is 17.1 Å². The summed E-state index contributed by atoms with van der Waals surface area (Å²) in [5.74, 6) is 0.572. The van der Waals surface area contributed by atoms with E-state index in [2.05, 4.69) is 235 Å². The van der Waals surface area contributed by atoms with Gasteiger partial charge in [0.1, 0.15) is 0 Å². The molecular formula is C59H45N. The van der Waals surface area contributed by atoms with Gasteiger partial charge >= 0.3 is 0 Å². The Labute approximate surface area is 354 Å². The summed E-state index contributed by atoms with van der Waals surface area (Å²) >= 11 is 0. The summed E-state index contributed by atoms with van der Waals surface area (Å²) in [5, 5.41) is 0. The Balaban J connectivity index is 1.13. The van der Waals surface area contributed by atoms with Crippen LogP contribution in [-0.4, -0.2) is 0 Å². The highest BCUT2D eigenvalue weighted by Crippen LogP contribution is 2.57. The molecule has 0 saturated heterocycles. The standard InChI is InChI=1S/C59H45N/c1-5-19-42(20-6-1)50-28-16-18-32-57(50)60(48-36-33-44(34-37-48)52-39-35-43-21-13-14-29-51(43)58(52)45-22-7-2-8-23-45)49-38-40-54-53-30-15-17-31-55(53)59(56(54)41-49,46-24-9-3-10-25-46)47-26-11-4-12-27-47/h1-20,22-34,36-38,40-41,43H,21,35,39H2. The Kier molecular flexibility index (Phi) is 9.09. The normalized spacial score (nSPS) is 16.1. The first-order chi connectivity index (χ1) is 29.8. The van der Waals surface area contributed by atoms with Gasteiger partial charge in [0, 0.05) is 16.9 Å². The lowest BCUT2D eigenvalue weighted by molar-refractivity contribution is 0.577. The molecule has 0 aliphatic heterocycles. The predicted molar refractivity (Wildman–Crippen MR) is 252 cm³/mol. The summed E-state index contributed by atoms with van der Waals surface area (Å²) in [6, 6.07) is 78.5. The summed E-state index contributed by atoms with van der Waals surface area (Å²) in [6.07, 6.45) is 10.3. The molecule has 0 N–H and O–H groups in total. The molecule has 0 radical (unpaired) electrons. The number of anilines is 3. The molecule has 11 rings (SSSR count). The quantitative estimate of drug-likeness (QED) is 0.149. The van der Waals surface area contributed by atoms with E-state index in [-0.39, 0.29) is 0 Å². The van der Waals surface area contributed by atoms with Crippen LogP contribution in [0.5, 0.6) is 0 Å². The minimum Gasteiger partial charge on any atom is -0.310 e. The smallest absolute Gasteiger partial charge is 0.0714 e. The van der Waals surface area contributed by atoms with E-state index >= 15 is 0 Å². The number of para-hydroxylation sites is 1. The molecule has 3 aliphatic carbocycles. The van der Waals surface area contributed by atoms with Gasteiger partial charge < -0.3 is 4.90 Å². The van der Waals surface area contributed by atoms with Gasteiger partial charge in [0.25, 0.3) is 0 Å². The molecule has 0 fully saturated rings. The average Bonchev–Trinajstić information content (AvgIpc) is 3.63. The molecule has 8 aromatic carbocycles. The summed E-state index contributed by atoms with van der Waals surface area (Å²) in [5.41, 5.74) is 19.9. The van der Waals surface area contributed by atoms with Gasteiger partial charge in [-0.3, -0.25) is 0 Å². The van der Waals surface area contributed by atoms with Crippen molar-refractivity contribution in [3.8, 4) is 22.3 Å². The Morgan fingerprint density at radius 1 is 0.450 bits per heavy atom. The van der Waals surface area contributed by atoms with E-state index in [9.17, 15) is 0 Å². The highest BCUT2D eigenvalue weighted by atomic mass is 15.1. The lowest BCUT2D eigenvalue weighted by Crippen LogP contribution is -2.28. The Morgan fingerprint density at radius 2 is 1.02 bits per heavy atom. The zero-order valence-corrected chi connectivity index (χ0v) is 33.6. The molecule has 60 heavy (non-hydrogen) atoms. The summed E-state index contributed by atoms with van der Waals surface area (Å²) in [7, 11) is 0. The van der Waals surface area contributed by atoms with Crippen molar-refractivity contribution in [3.63, 3.8) is 0 Å². The Bertz CT molecular complexity index is 2880. The van der Waals surface area contributed by atoms with Crippen LogP contribution in [0.15, 0.2) is 236 Å². The molecule has 0 bridgehead atoms. The van der Waals surface area contributed by atoms with Crippen molar-refractivity contribution < 1.29 is 0 Å². The first-order valence-corrected chi connectivity index (χ1v) is 21.3. The number of fused-ring (bicyclic) bond motifs is 4. The number of nitrogens with zero attached hydrogens (tertiary/aromatic N) is 1. The van der Waals surface area contributed by atoms with Crippen LogP contribution >= 0.6 is 0 Å². The number of benzene rings is 8. The maximum Gasteiger partial charge on any atom is 0.0714 e. The third-order valence-electron chi connectivity index (χ3n) is 13.1. The fourth-order valence-corrected chi connectivity index (χ4v) is 10.4. The molecule has 0 spiro atoms. The zero-order valence-electron chi connectivity index (χ0n) is 33.6. The van der Waals surface area contributed by atoms with Gasteiger partial charge in [0.15, 0.2) is 0 Å². The topological polar surface area (TPSA) is 3.24 Å². The van der Waals surface area contributed by atoms with E-state index in [1.807, 2.05) is 0 Å². The van der Waals surface area contributed by atoms with Crippen LogP contribution in [0.3, 0.4) is 0 Å². The summed E-state index contributed by atoms with van der Waals surface area (Å²) in [6.45, 7) is 0. The van der Waals surface area contributed by atoms with Crippen LogP contribution in [0, 0.1) is 5.92 Å². The first-order valence-electron chi connectivity index (χ1n) is 21.3. The molecule has 0 heterocycles. The molecule has 1 atom stereocenters. The van der Waals surface area contributed by atoms with Gasteiger partial charge in [0.2, 0.25) is 0 Å². The molecule has 0 saturated carbocycles. The second-order valence-corrected chi connectivity index (χ2v) is 16.3. The van der Waals surface area contributed by atoms with Crippen LogP contribution in [0.25, 0.3) is 33.4 Å². The van der Waals surface area contributed by atoms with E-state index in [1.54, 1.807) is 0 Å². The van der Waals surface area contributed by atoms with Crippen molar-refractivity contribution in [2.45, 2.75) is 24.7 Å². The fraction of sp³-hybridized carbons (Fsp3) is 0.0847. The van der Waals surface area contributed by atoms with Gasteiger partial charge in [-0.2, -0.15) is 0 Å². The minimum absolute atomic E-state index is 0.499. The lowest BCUT2D eigenvalue weighted by atomic mass is 9.67. The van der Waals surface area contributed by atoms with E-state index in [4.69, 9.17) is 0 Å². The van der Waals surface area contributed by atoms with Crippen molar-refractivity contribution in [1.82, 2.24) is 0 Å². The van der Waals surface area contributed by atoms with Crippen molar-refractivity contribution in [2.75, 3.05) is 4.90 Å². The fourth-order valence-electron chi connectivity index (χ4n) is 10.4. The number of hydrogen-bond donors (Lipinski definition) is 0. The third kappa shape index (κ3) is 5.92. The van der Waals surface area contributed by atoms with Gasteiger partial charge in [-0.1, -0.05) is 200 Å². The van der Waals surface area contributed by atoms with Crippen LogP contribution in [-0.2, 0) is 5.41 Å². The van der Waals surface area contributed by atoms with E-state index in [1.165, 1.54) is 78.8 Å². The van der Waals surface area contributed by atoms with Gasteiger partial charge in [0.05, 0.1) is 11.1 Å². The molecule has 1 heteroatoms. The van der Waals surface area contributed by atoms with Crippen LogP contribution in [0.1, 0.15) is 52.6 Å². The van der Waals surface area contributed by atoms with E-state index < -0.39 is 5.41 Å². The van der Waals surface area contributed by atoms with Crippen LogP contribution < -0.4 is 4.90 Å². The number of allylic oxidation sites excluding steroid dienone is 6. The second-order valence-electron chi connectivity index (χ2n) is 16.3. The van der Waals surface area contributed by atoms with Gasteiger partial charge in [-0.25, -0.2) is 0 Å². The van der Waals surface area contributed by atoms with E-state index in [0.717, 1.165) is 29.9 Å². The molecule has 8 aromatic rings. The monoisotopic (exact) mass is 767 g/mol. The van der Waals surface area contributed by atoms with Crippen molar-refractivity contribution in [1.29, 1.82) is 0 Å². The predicted octanol–water partition coefficient (Wildman–Crippen LogP) is 15.4. The highest BCUT2D eigenvalue weighted by Gasteiger charge is 2.46. The highest BCUT2D eigenvalue weighted by molar-refractivity contribution is 6.00. The molecule has 0 amide bonds. The Morgan fingerprint density at radius 3 is 1.72 bits per heavy atom. The third-order valence-corrected chi connectivity index (χ3v) is 13.1. The average molecular weight is 768 g/mol. The minimum atomic E-state index is -0.499. The summed E-state index contributed by atoms with van der Waals surface area (Å²) in [4.78, 5) is 2.48. The molecule has 286 valence electrons. The second kappa shape index (κ2) is 15.2. The maximum absolute atomic E-state index is 2.48. The van der Waals surface area contributed by atoms with Crippen molar-refractivity contribution in [2.24, 2.45) is 5.92 Å². The maximum atomic E-state index is 2.48. The van der Waals surface area contributed by atoms with Crippen LogP contribution in [0.2, 0.25) is 0 Å². The van der Waals surface area contributed by atoms with Gasteiger partial charge in [-0.15, -0.1) is 0 Å². The summed E-state index contributed by atoms with van der Waals surface area (Å²) < 4.78 is 0. The van der Waals surface area contributed by atoms with Gasteiger partial charge in [-0.05, 0) is 122 Å². The SMILES string of the molecule is C1=CCC2CCC(c3ccc(N(c4ccc5c(c4)C(c4ccccc4)(c4ccccc4)c4ccccc4-5)c4ccccc4-c4ccccc4)cc3)=C(c3ccccc3)C2=C1. The Hall–Kier alpha value is -7.22. The number of rotatable bonds is 8. The molecule has 0 aromatic heterocycles. The largest absolute Gasteiger partial charge is 0.310 e. The number of hydrogen-bond acceptors (Lipinski definition) is 1. The van der Waals surface area contributed by atoms with Crippen molar-refractivity contribution >= 4 is 28.2 Å². The molecule has 1 unspecified atom stereocenters.